The normalized spacial score (nSPS) is 23.6. The molecule has 0 bridgehead atoms. The van der Waals surface area contributed by atoms with Crippen LogP contribution < -0.4 is 5.32 Å². The fourth-order valence-corrected chi connectivity index (χ4v) is 2.28. The van der Waals surface area contributed by atoms with E-state index in [4.69, 9.17) is 0 Å². The maximum Gasteiger partial charge on any atom is 0.395 e. The standard InChI is InChI=1S/C11H14F3N3O/c1-2-10(18)16-6-3-8(11(12,13)14)7-5-15-17-9(7)4-6/h5-6,8H,2-4H2,1H3,(H,15,17)(H,16,18). The molecule has 1 aromatic heterocycles. The number of hydrogen-bond acceptors (Lipinski definition) is 2. The third-order valence-corrected chi connectivity index (χ3v) is 3.18. The minimum atomic E-state index is -4.31. The van der Waals surface area contributed by atoms with Gasteiger partial charge in [0.15, 0.2) is 0 Å². The first-order valence-electron chi connectivity index (χ1n) is 5.80. The van der Waals surface area contributed by atoms with E-state index in [0.29, 0.717) is 12.1 Å². The van der Waals surface area contributed by atoms with Crippen molar-refractivity contribution in [2.75, 3.05) is 0 Å². The van der Waals surface area contributed by atoms with Gasteiger partial charge < -0.3 is 5.32 Å². The molecule has 0 aliphatic heterocycles. The Morgan fingerprint density at radius 1 is 1.61 bits per heavy atom. The zero-order chi connectivity index (χ0) is 13.3. The van der Waals surface area contributed by atoms with Gasteiger partial charge in [0.25, 0.3) is 0 Å². The minimum Gasteiger partial charge on any atom is -0.353 e. The van der Waals surface area contributed by atoms with Crippen LogP contribution in [-0.4, -0.2) is 28.3 Å². The van der Waals surface area contributed by atoms with E-state index in [-0.39, 0.29) is 24.3 Å². The van der Waals surface area contributed by atoms with E-state index in [1.54, 1.807) is 6.92 Å². The van der Waals surface area contributed by atoms with Crippen LogP contribution >= 0.6 is 0 Å². The lowest BCUT2D eigenvalue weighted by atomic mass is 9.83. The summed E-state index contributed by atoms with van der Waals surface area (Å²) in [6.45, 7) is 1.67. The number of nitrogens with zero attached hydrogens (tertiary/aromatic N) is 1. The van der Waals surface area contributed by atoms with Crippen LogP contribution in [-0.2, 0) is 11.2 Å². The van der Waals surface area contributed by atoms with Crippen molar-refractivity contribution in [1.82, 2.24) is 15.5 Å². The zero-order valence-electron chi connectivity index (χ0n) is 9.84. The lowest BCUT2D eigenvalue weighted by Crippen LogP contribution is -2.42. The Balaban J connectivity index is 2.20. The fourth-order valence-electron chi connectivity index (χ4n) is 2.28. The number of H-pyrrole nitrogens is 1. The summed E-state index contributed by atoms with van der Waals surface area (Å²) in [4.78, 5) is 11.3. The molecular weight excluding hydrogens is 247 g/mol. The molecule has 1 aliphatic carbocycles. The maximum atomic E-state index is 12.9. The topological polar surface area (TPSA) is 57.8 Å². The predicted octanol–water partition coefficient (Wildman–Crippen LogP) is 1.90. The van der Waals surface area contributed by atoms with Gasteiger partial charge >= 0.3 is 6.18 Å². The number of halogens is 3. The summed E-state index contributed by atoms with van der Waals surface area (Å²) in [5.41, 5.74) is 0.662. The highest BCUT2D eigenvalue weighted by Crippen LogP contribution is 2.42. The number of alkyl halides is 3. The SMILES string of the molecule is CCC(=O)NC1Cc2[nH]ncc2C(C(F)(F)F)C1. The van der Waals surface area contributed by atoms with Gasteiger partial charge in [0.2, 0.25) is 5.91 Å². The number of aromatic amines is 1. The first-order valence-corrected chi connectivity index (χ1v) is 5.80. The monoisotopic (exact) mass is 261 g/mol. The molecule has 0 aromatic carbocycles. The second kappa shape index (κ2) is 4.62. The van der Waals surface area contributed by atoms with E-state index in [1.807, 2.05) is 0 Å². The average Bonchev–Trinajstić information content (AvgIpc) is 2.74. The fraction of sp³-hybridized carbons (Fsp3) is 0.636. The Labute approximate surface area is 102 Å². The number of nitrogens with one attached hydrogen (secondary N) is 2. The lowest BCUT2D eigenvalue weighted by Gasteiger charge is -2.30. The zero-order valence-corrected chi connectivity index (χ0v) is 9.84. The van der Waals surface area contributed by atoms with E-state index in [1.165, 1.54) is 6.20 Å². The van der Waals surface area contributed by atoms with Crippen LogP contribution in [0.15, 0.2) is 6.20 Å². The Kier molecular flexibility index (Phi) is 3.32. The third-order valence-electron chi connectivity index (χ3n) is 3.18. The summed E-state index contributed by atoms with van der Waals surface area (Å²) >= 11 is 0. The van der Waals surface area contributed by atoms with E-state index in [2.05, 4.69) is 15.5 Å². The summed E-state index contributed by atoms with van der Waals surface area (Å²) in [5.74, 6) is -1.79. The third kappa shape index (κ3) is 2.49. The van der Waals surface area contributed by atoms with Crippen LogP contribution in [0, 0.1) is 0 Å². The number of aromatic nitrogens is 2. The molecule has 1 amide bonds. The second-order valence-corrected chi connectivity index (χ2v) is 4.46. The summed E-state index contributed by atoms with van der Waals surface area (Å²) in [5, 5.41) is 8.86. The molecule has 2 atom stereocenters. The summed E-state index contributed by atoms with van der Waals surface area (Å²) in [6.07, 6.45) is -2.57. The van der Waals surface area contributed by atoms with Crippen molar-refractivity contribution in [3.63, 3.8) is 0 Å². The maximum absolute atomic E-state index is 12.9. The van der Waals surface area contributed by atoms with Crippen molar-refractivity contribution in [2.24, 2.45) is 0 Å². The first-order chi connectivity index (χ1) is 8.41. The Morgan fingerprint density at radius 2 is 2.33 bits per heavy atom. The number of fused-ring (bicyclic) bond motifs is 1. The Hall–Kier alpha value is -1.53. The van der Waals surface area contributed by atoms with Crippen LogP contribution in [0.25, 0.3) is 0 Å². The van der Waals surface area contributed by atoms with Gasteiger partial charge in [-0.2, -0.15) is 18.3 Å². The smallest absolute Gasteiger partial charge is 0.353 e. The largest absolute Gasteiger partial charge is 0.395 e. The van der Waals surface area contributed by atoms with Crippen molar-refractivity contribution in [3.05, 3.63) is 17.5 Å². The summed E-state index contributed by atoms with van der Waals surface area (Å²) in [7, 11) is 0. The molecule has 18 heavy (non-hydrogen) atoms. The highest BCUT2D eigenvalue weighted by atomic mass is 19.4. The van der Waals surface area contributed by atoms with Crippen molar-refractivity contribution in [3.8, 4) is 0 Å². The summed E-state index contributed by atoms with van der Waals surface area (Å²) < 4.78 is 38.8. The number of hydrogen-bond donors (Lipinski definition) is 2. The molecule has 0 saturated heterocycles. The molecule has 0 spiro atoms. The predicted molar refractivity (Wildman–Crippen MR) is 57.9 cm³/mol. The highest BCUT2D eigenvalue weighted by molar-refractivity contribution is 5.75. The van der Waals surface area contributed by atoms with E-state index < -0.39 is 18.1 Å². The molecular formula is C11H14F3N3O. The molecule has 1 aliphatic rings. The molecule has 0 radical (unpaired) electrons. The van der Waals surface area contributed by atoms with Crippen molar-refractivity contribution >= 4 is 5.91 Å². The highest BCUT2D eigenvalue weighted by Gasteiger charge is 2.46. The Bertz CT molecular complexity index is 441. The first kappa shape index (κ1) is 12.9. The van der Waals surface area contributed by atoms with Crippen LogP contribution in [0.5, 0.6) is 0 Å². The number of carbonyl (C=O) groups excluding carboxylic acids is 1. The van der Waals surface area contributed by atoms with Crippen LogP contribution in [0.4, 0.5) is 13.2 Å². The average molecular weight is 261 g/mol. The number of carbonyl (C=O) groups is 1. The van der Waals surface area contributed by atoms with Crippen molar-refractivity contribution < 1.29 is 18.0 Å². The minimum absolute atomic E-state index is 0.123. The van der Waals surface area contributed by atoms with E-state index >= 15 is 0 Å². The van der Waals surface area contributed by atoms with Crippen molar-refractivity contribution in [1.29, 1.82) is 0 Å². The molecule has 2 unspecified atom stereocenters. The molecule has 2 N–H and O–H groups in total. The lowest BCUT2D eigenvalue weighted by molar-refractivity contribution is -0.155. The van der Waals surface area contributed by atoms with E-state index in [9.17, 15) is 18.0 Å². The molecule has 2 rings (SSSR count). The number of amides is 1. The summed E-state index contributed by atoms with van der Waals surface area (Å²) in [6, 6.07) is -0.489. The molecule has 7 heteroatoms. The molecule has 1 heterocycles. The van der Waals surface area contributed by atoms with Gasteiger partial charge in [-0.1, -0.05) is 6.92 Å². The van der Waals surface area contributed by atoms with Gasteiger partial charge in [-0.15, -0.1) is 0 Å². The van der Waals surface area contributed by atoms with Crippen LogP contribution in [0.3, 0.4) is 0 Å². The van der Waals surface area contributed by atoms with Gasteiger partial charge in [0.1, 0.15) is 0 Å². The van der Waals surface area contributed by atoms with E-state index in [0.717, 1.165) is 0 Å². The van der Waals surface area contributed by atoms with Gasteiger partial charge in [-0.25, -0.2) is 0 Å². The van der Waals surface area contributed by atoms with Gasteiger partial charge in [0.05, 0.1) is 12.1 Å². The van der Waals surface area contributed by atoms with Gasteiger partial charge in [-0.05, 0) is 6.42 Å². The molecule has 4 nitrogen and oxygen atoms in total. The quantitative estimate of drug-likeness (QED) is 0.854. The second-order valence-electron chi connectivity index (χ2n) is 4.46. The van der Waals surface area contributed by atoms with Crippen LogP contribution in [0.1, 0.15) is 36.9 Å². The van der Waals surface area contributed by atoms with Crippen LogP contribution in [0.2, 0.25) is 0 Å². The molecule has 0 saturated carbocycles. The number of rotatable bonds is 2. The van der Waals surface area contributed by atoms with Crippen molar-refractivity contribution in [2.45, 2.75) is 44.3 Å². The molecule has 1 aromatic rings. The molecule has 100 valence electrons. The Morgan fingerprint density at radius 3 is 2.94 bits per heavy atom. The molecule has 0 fully saturated rings. The van der Waals surface area contributed by atoms with Gasteiger partial charge in [0, 0.05) is 30.1 Å². The van der Waals surface area contributed by atoms with Gasteiger partial charge in [-0.3, -0.25) is 9.89 Å².